The maximum absolute atomic E-state index is 12.7. The number of aromatic nitrogens is 1. The second kappa shape index (κ2) is 10.1. The number of urea groups is 1. The zero-order valence-electron chi connectivity index (χ0n) is 19.3. The Kier molecular flexibility index (Phi) is 6.70. The molecular weight excluding hydrogens is 464 g/mol. The molecule has 8 nitrogen and oxygen atoms in total. The van der Waals surface area contributed by atoms with Crippen molar-refractivity contribution >= 4 is 21.7 Å². The number of hydrogen-bond acceptors (Lipinski definition) is 5. The Bertz CT molecular complexity index is 1250. The van der Waals surface area contributed by atoms with E-state index in [0.29, 0.717) is 50.5 Å². The number of ether oxygens (including phenoxy) is 1. The molecular formula is C26H28N4O4S. The minimum absolute atomic E-state index is 0.0208. The van der Waals surface area contributed by atoms with Gasteiger partial charge in [0.05, 0.1) is 5.75 Å². The summed E-state index contributed by atoms with van der Waals surface area (Å²) in [6.07, 6.45) is 4.77. The van der Waals surface area contributed by atoms with Gasteiger partial charge in [0.1, 0.15) is 11.9 Å². The molecule has 1 N–H and O–H groups in total. The molecule has 0 bridgehead atoms. The third-order valence-corrected chi connectivity index (χ3v) is 8.26. The molecule has 0 aliphatic carbocycles. The van der Waals surface area contributed by atoms with Crippen molar-refractivity contribution < 1.29 is 17.9 Å². The van der Waals surface area contributed by atoms with Gasteiger partial charge in [-0.25, -0.2) is 17.5 Å². The maximum atomic E-state index is 12.7. The number of amides is 2. The van der Waals surface area contributed by atoms with E-state index in [4.69, 9.17) is 4.74 Å². The van der Waals surface area contributed by atoms with E-state index in [-0.39, 0.29) is 17.9 Å². The van der Waals surface area contributed by atoms with Gasteiger partial charge < -0.3 is 15.0 Å². The van der Waals surface area contributed by atoms with Crippen LogP contribution in [0.2, 0.25) is 0 Å². The van der Waals surface area contributed by atoms with Gasteiger partial charge >= 0.3 is 6.03 Å². The fourth-order valence-corrected chi connectivity index (χ4v) is 6.04. The monoisotopic (exact) mass is 492 g/mol. The van der Waals surface area contributed by atoms with E-state index < -0.39 is 10.0 Å². The highest BCUT2D eigenvalue weighted by Gasteiger charge is 2.29. The number of pyridine rings is 1. The molecule has 9 heteroatoms. The Labute approximate surface area is 205 Å². The van der Waals surface area contributed by atoms with Crippen molar-refractivity contribution in [2.24, 2.45) is 0 Å². The summed E-state index contributed by atoms with van der Waals surface area (Å²) in [7, 11) is -3.34. The lowest BCUT2D eigenvalue weighted by Gasteiger charge is -2.31. The lowest BCUT2D eigenvalue weighted by atomic mass is 10.1. The fraction of sp³-hybridized carbons (Fsp3) is 0.308. The molecule has 0 spiro atoms. The van der Waals surface area contributed by atoms with Crippen LogP contribution in [0.5, 0.6) is 5.75 Å². The number of nitrogens with zero attached hydrogens (tertiary/aromatic N) is 3. The summed E-state index contributed by atoms with van der Waals surface area (Å²) in [6.45, 7) is 2.02. The summed E-state index contributed by atoms with van der Waals surface area (Å²) in [4.78, 5) is 18.5. The molecule has 2 aliphatic rings. The molecule has 2 aliphatic heterocycles. The van der Waals surface area contributed by atoms with Crippen LogP contribution >= 0.6 is 0 Å². The number of carbonyl (C=O) groups is 1. The summed E-state index contributed by atoms with van der Waals surface area (Å²) in [5.74, 6) is 0.723. The lowest BCUT2D eigenvalue weighted by Crippen LogP contribution is -2.42. The number of anilines is 1. The van der Waals surface area contributed by atoms with E-state index in [1.165, 1.54) is 0 Å². The molecule has 0 radical (unpaired) electrons. The third kappa shape index (κ3) is 5.63. The molecule has 3 aromatic rings. The average Bonchev–Trinajstić information content (AvgIpc) is 3.31. The Morgan fingerprint density at radius 2 is 1.69 bits per heavy atom. The van der Waals surface area contributed by atoms with Crippen LogP contribution in [0.1, 0.15) is 29.5 Å². The SMILES string of the molecule is O=C(Nc1ccc(OC2CCN(S(=O)(=O)Cc3ccccc3)CC2)cc1)N1Cc2ccncc2C1. The van der Waals surface area contributed by atoms with Crippen LogP contribution in [0.4, 0.5) is 10.5 Å². The van der Waals surface area contributed by atoms with Crippen molar-refractivity contribution in [1.29, 1.82) is 0 Å². The van der Waals surface area contributed by atoms with Gasteiger partial charge in [0.2, 0.25) is 10.0 Å². The Hall–Kier alpha value is -3.43. The predicted octanol–water partition coefficient (Wildman–Crippen LogP) is 4.00. The van der Waals surface area contributed by atoms with E-state index >= 15 is 0 Å². The zero-order chi connectivity index (χ0) is 24.3. The molecule has 0 saturated carbocycles. The van der Waals surface area contributed by atoms with Crippen molar-refractivity contribution in [1.82, 2.24) is 14.2 Å². The first kappa shape index (κ1) is 23.3. The van der Waals surface area contributed by atoms with Crippen molar-refractivity contribution in [3.63, 3.8) is 0 Å². The topological polar surface area (TPSA) is 91.8 Å². The smallest absolute Gasteiger partial charge is 0.322 e. The number of sulfonamides is 1. The third-order valence-electron chi connectivity index (χ3n) is 6.41. The summed E-state index contributed by atoms with van der Waals surface area (Å²) < 4.78 is 33.1. The van der Waals surface area contributed by atoms with E-state index in [0.717, 1.165) is 16.7 Å². The molecule has 2 amide bonds. The molecule has 0 unspecified atom stereocenters. The molecule has 35 heavy (non-hydrogen) atoms. The minimum Gasteiger partial charge on any atom is -0.490 e. The first-order valence-electron chi connectivity index (χ1n) is 11.7. The second-order valence-electron chi connectivity index (χ2n) is 8.91. The minimum atomic E-state index is -3.34. The van der Waals surface area contributed by atoms with Gasteiger partial charge in [0.25, 0.3) is 0 Å². The summed E-state index contributed by atoms with van der Waals surface area (Å²) in [5.41, 5.74) is 3.69. The molecule has 3 heterocycles. The largest absolute Gasteiger partial charge is 0.490 e. The lowest BCUT2D eigenvalue weighted by molar-refractivity contribution is 0.135. The molecule has 182 valence electrons. The van der Waals surface area contributed by atoms with Crippen LogP contribution in [-0.2, 0) is 28.9 Å². The van der Waals surface area contributed by atoms with Gasteiger partial charge in [0.15, 0.2) is 0 Å². The molecule has 1 aromatic heterocycles. The van der Waals surface area contributed by atoms with E-state index in [1.54, 1.807) is 21.6 Å². The molecule has 5 rings (SSSR count). The van der Waals surface area contributed by atoms with Gasteiger partial charge in [-0.3, -0.25) is 4.98 Å². The normalized spacial score (nSPS) is 16.6. The van der Waals surface area contributed by atoms with Crippen LogP contribution in [0.15, 0.2) is 73.1 Å². The first-order valence-corrected chi connectivity index (χ1v) is 13.3. The van der Waals surface area contributed by atoms with Gasteiger partial charge in [0, 0.05) is 44.3 Å². The van der Waals surface area contributed by atoms with Crippen LogP contribution in [-0.4, -0.2) is 47.8 Å². The number of rotatable bonds is 6. The van der Waals surface area contributed by atoms with E-state index in [9.17, 15) is 13.2 Å². The molecule has 0 atom stereocenters. The van der Waals surface area contributed by atoms with Crippen LogP contribution in [0, 0.1) is 0 Å². The molecule has 1 fully saturated rings. The number of benzene rings is 2. The van der Waals surface area contributed by atoms with Gasteiger partial charge in [-0.05, 0) is 59.9 Å². The van der Waals surface area contributed by atoms with Gasteiger partial charge in [-0.2, -0.15) is 0 Å². The van der Waals surface area contributed by atoms with Gasteiger partial charge in [-0.15, -0.1) is 0 Å². The second-order valence-corrected chi connectivity index (χ2v) is 10.9. The van der Waals surface area contributed by atoms with Gasteiger partial charge in [-0.1, -0.05) is 30.3 Å². The highest BCUT2D eigenvalue weighted by atomic mass is 32.2. The van der Waals surface area contributed by atoms with Crippen LogP contribution < -0.4 is 10.1 Å². The van der Waals surface area contributed by atoms with Crippen molar-refractivity contribution in [2.75, 3.05) is 18.4 Å². The number of hydrogen-bond donors (Lipinski definition) is 1. The Morgan fingerprint density at radius 1 is 0.971 bits per heavy atom. The first-order chi connectivity index (χ1) is 17.0. The van der Waals surface area contributed by atoms with Crippen LogP contribution in [0.3, 0.4) is 0 Å². The predicted molar refractivity (Wildman–Crippen MR) is 133 cm³/mol. The van der Waals surface area contributed by atoms with Crippen molar-refractivity contribution in [3.8, 4) is 5.75 Å². The van der Waals surface area contributed by atoms with E-state index in [1.807, 2.05) is 60.7 Å². The number of nitrogens with one attached hydrogen (secondary N) is 1. The molecule has 1 saturated heterocycles. The maximum Gasteiger partial charge on any atom is 0.322 e. The highest BCUT2D eigenvalue weighted by molar-refractivity contribution is 7.88. The Balaban J connectivity index is 1.10. The van der Waals surface area contributed by atoms with E-state index in [2.05, 4.69) is 10.3 Å². The zero-order valence-corrected chi connectivity index (χ0v) is 20.2. The quantitative estimate of drug-likeness (QED) is 0.562. The average molecular weight is 493 g/mol. The fourth-order valence-electron chi connectivity index (χ4n) is 4.48. The molecule has 2 aromatic carbocycles. The summed E-state index contributed by atoms with van der Waals surface area (Å²) >= 11 is 0. The summed E-state index contributed by atoms with van der Waals surface area (Å²) in [5, 5.41) is 2.93. The number of piperidine rings is 1. The summed E-state index contributed by atoms with van der Waals surface area (Å²) in [6, 6.07) is 18.3. The number of carbonyl (C=O) groups excluding carboxylic acids is 1. The van der Waals surface area contributed by atoms with Crippen molar-refractivity contribution in [2.45, 2.75) is 37.8 Å². The highest BCUT2D eigenvalue weighted by Crippen LogP contribution is 2.25. The Morgan fingerprint density at radius 3 is 2.40 bits per heavy atom. The van der Waals surface area contributed by atoms with Crippen molar-refractivity contribution in [3.05, 3.63) is 89.7 Å². The van der Waals surface area contributed by atoms with Crippen LogP contribution in [0.25, 0.3) is 0 Å². The number of fused-ring (bicyclic) bond motifs is 1. The standard InChI is InChI=1S/C26H28N4O4S/c31-26(29-17-21-10-13-27-16-22(21)18-29)28-23-6-8-24(9-7-23)34-25-11-14-30(15-12-25)35(32,33)19-20-4-2-1-3-5-20/h1-10,13,16,25H,11-12,14-15,17-19H2,(H,28,31).